The number of hydrogen-bond acceptors (Lipinski definition) is 3. The molecule has 1 fully saturated rings. The second-order valence-corrected chi connectivity index (χ2v) is 10.2. The monoisotopic (exact) mass is 569 g/mol. The molecule has 6 nitrogen and oxygen atoms in total. The molecule has 176 valence electrons. The van der Waals surface area contributed by atoms with Gasteiger partial charge in [-0.25, -0.2) is 4.68 Å². The van der Waals surface area contributed by atoms with E-state index in [-0.39, 0.29) is 11.8 Å². The van der Waals surface area contributed by atoms with Crippen molar-refractivity contribution in [3.05, 3.63) is 85.9 Å². The maximum Gasteiger partial charge on any atom is 0.321 e. The summed E-state index contributed by atoms with van der Waals surface area (Å²) < 4.78 is 10.3. The number of pyridine rings is 2. The lowest BCUT2D eigenvalue weighted by atomic mass is 9.96. The molecule has 1 unspecified atom stereocenters. The van der Waals surface area contributed by atoms with Gasteiger partial charge in [0, 0.05) is 45.7 Å². The Balaban J connectivity index is 1.71. The maximum atomic E-state index is 13.5. The van der Waals surface area contributed by atoms with E-state index < -0.39 is 0 Å². The van der Waals surface area contributed by atoms with Crippen LogP contribution >= 0.6 is 39.1 Å². The molecule has 0 radical (unpaired) electrons. The molecule has 0 aliphatic carbocycles. The molecule has 3 aromatic heterocycles. The van der Waals surface area contributed by atoms with E-state index in [1.54, 1.807) is 0 Å². The van der Waals surface area contributed by atoms with Gasteiger partial charge in [0.05, 0.1) is 21.1 Å². The van der Waals surface area contributed by atoms with Gasteiger partial charge in [-0.15, -0.1) is 0 Å². The Morgan fingerprint density at radius 2 is 1.91 bits per heavy atom. The number of aromatic nitrogens is 4. The van der Waals surface area contributed by atoms with Crippen molar-refractivity contribution in [2.45, 2.75) is 25.5 Å². The molecule has 1 N–H and O–H groups in total. The minimum absolute atomic E-state index is 0.135. The number of rotatable bonds is 3. The summed E-state index contributed by atoms with van der Waals surface area (Å²) in [7, 11) is 0. The quantitative estimate of drug-likeness (QED) is 0.249. The largest absolute Gasteiger partial charge is 0.357 e. The average molecular weight is 571 g/mol. The van der Waals surface area contributed by atoms with Gasteiger partial charge in [0.25, 0.3) is 5.69 Å². The van der Waals surface area contributed by atoms with Crippen molar-refractivity contribution < 1.29 is 9.30 Å². The lowest BCUT2D eigenvalue weighted by Crippen LogP contribution is -2.37. The Morgan fingerprint density at radius 3 is 2.69 bits per heavy atom. The average Bonchev–Trinajstić information content (AvgIpc) is 3.33. The van der Waals surface area contributed by atoms with E-state index in [1.807, 2.05) is 70.3 Å². The van der Waals surface area contributed by atoms with E-state index in [0.717, 1.165) is 41.2 Å². The molecule has 0 spiro atoms. The minimum Gasteiger partial charge on any atom is -0.357 e. The fourth-order valence-electron chi connectivity index (χ4n) is 4.73. The number of fused-ring (bicyclic) bond motifs is 2. The van der Waals surface area contributed by atoms with Crippen LogP contribution in [0.1, 0.15) is 25.5 Å². The van der Waals surface area contributed by atoms with E-state index in [1.165, 1.54) is 0 Å². The summed E-state index contributed by atoms with van der Waals surface area (Å²) >= 11 is 16.6. The van der Waals surface area contributed by atoms with Crippen molar-refractivity contribution >= 4 is 60.9 Å². The van der Waals surface area contributed by atoms with Gasteiger partial charge in [0.15, 0.2) is 12.4 Å². The van der Waals surface area contributed by atoms with Crippen molar-refractivity contribution in [2.24, 2.45) is 0 Å². The summed E-state index contributed by atoms with van der Waals surface area (Å²) in [6, 6.07) is 13.1. The summed E-state index contributed by atoms with van der Waals surface area (Å²) in [5.41, 5.74) is 3.20. The van der Waals surface area contributed by atoms with Gasteiger partial charge in [0.1, 0.15) is 11.7 Å². The molecule has 4 heterocycles. The van der Waals surface area contributed by atoms with Crippen LogP contribution in [0.15, 0.2) is 70.3 Å². The number of benzene rings is 2. The molecule has 9 heteroatoms. The lowest BCUT2D eigenvalue weighted by Gasteiger charge is -2.22. The number of halogens is 3. The van der Waals surface area contributed by atoms with Crippen LogP contribution in [0.4, 0.5) is 0 Å². The van der Waals surface area contributed by atoms with E-state index in [4.69, 9.17) is 33.0 Å². The third-order valence-corrected chi connectivity index (χ3v) is 7.87. The van der Waals surface area contributed by atoms with Crippen LogP contribution in [0, 0.1) is 0 Å². The first-order chi connectivity index (χ1) is 17.0. The zero-order valence-electron chi connectivity index (χ0n) is 18.5. The van der Waals surface area contributed by atoms with Gasteiger partial charge >= 0.3 is 5.56 Å². The van der Waals surface area contributed by atoms with Crippen molar-refractivity contribution in [1.82, 2.24) is 14.8 Å². The van der Waals surface area contributed by atoms with Crippen molar-refractivity contribution in [3.63, 3.8) is 0 Å². The number of nitrogens with zero attached hydrogens (tertiary/aromatic N) is 3. The Labute approximate surface area is 219 Å². The molecule has 5 aromatic rings. The van der Waals surface area contributed by atoms with Gasteiger partial charge < -0.3 is 9.72 Å². The molecule has 1 atom stereocenters. The highest BCUT2D eigenvalue weighted by atomic mass is 79.9. The summed E-state index contributed by atoms with van der Waals surface area (Å²) in [4.78, 5) is 16.5. The van der Waals surface area contributed by atoms with Crippen LogP contribution in [0.5, 0.6) is 0 Å². The predicted octanol–water partition coefficient (Wildman–Crippen LogP) is 6.59. The SMILES string of the molecule is O=c1[nH]c2cc(Br)c(Cl)cc2c(-c2ccc(Cl)c3nn(C4CCCCO4)cc23)c1-[n+]1ccccc1. The van der Waals surface area contributed by atoms with Crippen LogP contribution in [-0.4, -0.2) is 21.4 Å². The first kappa shape index (κ1) is 22.7. The van der Waals surface area contributed by atoms with E-state index in [2.05, 4.69) is 20.9 Å². The Bertz CT molecular complexity index is 1640. The first-order valence-electron chi connectivity index (χ1n) is 11.3. The molecule has 1 aliphatic heterocycles. The van der Waals surface area contributed by atoms with Crippen LogP contribution in [0.3, 0.4) is 0 Å². The minimum atomic E-state index is -0.218. The summed E-state index contributed by atoms with van der Waals surface area (Å²) in [6.45, 7) is 0.711. The number of hydrogen-bond donors (Lipinski definition) is 1. The molecule has 0 saturated carbocycles. The third kappa shape index (κ3) is 3.96. The molecule has 35 heavy (non-hydrogen) atoms. The van der Waals surface area contributed by atoms with Gasteiger partial charge in [-0.1, -0.05) is 35.3 Å². The summed E-state index contributed by atoms with van der Waals surface area (Å²) in [6.07, 6.45) is 8.57. The van der Waals surface area contributed by atoms with E-state index in [0.29, 0.717) is 37.8 Å². The molecule has 2 aromatic carbocycles. The van der Waals surface area contributed by atoms with Crippen molar-refractivity contribution in [2.75, 3.05) is 6.61 Å². The zero-order valence-corrected chi connectivity index (χ0v) is 21.6. The van der Waals surface area contributed by atoms with E-state index in [9.17, 15) is 4.79 Å². The lowest BCUT2D eigenvalue weighted by molar-refractivity contribution is -0.596. The summed E-state index contributed by atoms with van der Waals surface area (Å²) in [5, 5.41) is 7.54. The van der Waals surface area contributed by atoms with Gasteiger partial charge in [0.2, 0.25) is 0 Å². The smallest absolute Gasteiger partial charge is 0.321 e. The summed E-state index contributed by atoms with van der Waals surface area (Å²) in [5.74, 6) is 0. The highest BCUT2D eigenvalue weighted by Gasteiger charge is 2.27. The van der Waals surface area contributed by atoms with Crippen LogP contribution in [-0.2, 0) is 4.74 Å². The second-order valence-electron chi connectivity index (χ2n) is 8.56. The predicted molar refractivity (Wildman–Crippen MR) is 141 cm³/mol. The fourth-order valence-corrected chi connectivity index (χ4v) is 5.44. The van der Waals surface area contributed by atoms with Gasteiger partial charge in [-0.3, -0.25) is 4.79 Å². The number of H-pyrrole nitrogens is 1. The molecule has 0 amide bonds. The van der Waals surface area contributed by atoms with Crippen molar-refractivity contribution in [1.29, 1.82) is 0 Å². The third-order valence-electron chi connectivity index (χ3n) is 6.37. The molecule has 0 bridgehead atoms. The highest BCUT2D eigenvalue weighted by Crippen LogP contribution is 2.40. The molecule has 1 saturated heterocycles. The Morgan fingerprint density at radius 1 is 1.09 bits per heavy atom. The number of nitrogens with one attached hydrogen (secondary N) is 1. The van der Waals surface area contributed by atoms with Crippen LogP contribution in [0.25, 0.3) is 38.6 Å². The standard InChI is InChI=1S/C26H19BrCl2N4O2/c27-18-13-21-16(12-20(18)29)23(25(26(34)30-21)32-9-3-1-4-10-32)15-7-8-19(28)24-17(15)14-33(31-24)22-6-2-5-11-35-22/h1,3-4,7-10,12-14,22H,2,5-6,11H2/p+1. The van der Waals surface area contributed by atoms with Crippen LogP contribution < -0.4 is 10.1 Å². The maximum absolute atomic E-state index is 13.5. The topological polar surface area (TPSA) is 63.8 Å². The van der Waals surface area contributed by atoms with Gasteiger partial charge in [-0.05, 0) is 53.4 Å². The molecular formula is C26H20BrCl2N4O2+. The molecular weight excluding hydrogens is 551 g/mol. The van der Waals surface area contributed by atoms with Crippen LogP contribution in [0.2, 0.25) is 10.0 Å². The molecule has 1 aliphatic rings. The van der Waals surface area contributed by atoms with Crippen molar-refractivity contribution in [3.8, 4) is 16.8 Å². The zero-order chi connectivity index (χ0) is 24.1. The van der Waals surface area contributed by atoms with Gasteiger partial charge in [-0.2, -0.15) is 9.67 Å². The number of aromatic amines is 1. The fraction of sp³-hybridized carbons (Fsp3) is 0.192. The molecule has 6 rings (SSSR count). The van der Waals surface area contributed by atoms with E-state index >= 15 is 0 Å². The normalized spacial score (nSPS) is 16.3. The highest BCUT2D eigenvalue weighted by molar-refractivity contribution is 9.10. The Hall–Kier alpha value is -2.71. The Kier molecular flexibility index (Phi) is 5.89. The number of ether oxygens (including phenoxy) is 1. The second kappa shape index (κ2) is 9.06. The first-order valence-corrected chi connectivity index (χ1v) is 12.9.